The Kier molecular flexibility index (Phi) is 6.34. The van der Waals surface area contributed by atoms with E-state index in [0.29, 0.717) is 58.3 Å². The maximum Gasteiger partial charge on any atom is 0.433 e. The van der Waals surface area contributed by atoms with Gasteiger partial charge in [0.15, 0.2) is 0 Å². The van der Waals surface area contributed by atoms with Crippen LogP contribution in [-0.2, 0) is 6.18 Å². The Balaban J connectivity index is 1.26. The molecule has 36 heavy (non-hydrogen) atoms. The lowest BCUT2D eigenvalue weighted by Gasteiger charge is -2.30. The molecule has 0 radical (unpaired) electrons. The normalized spacial score (nSPS) is 18.3. The van der Waals surface area contributed by atoms with Crippen molar-refractivity contribution in [2.24, 2.45) is 0 Å². The van der Waals surface area contributed by atoms with Gasteiger partial charge in [0.1, 0.15) is 11.3 Å². The van der Waals surface area contributed by atoms with Gasteiger partial charge in [-0.25, -0.2) is 9.78 Å². The van der Waals surface area contributed by atoms with Crippen LogP contribution in [0, 0.1) is 0 Å². The number of nitrogens with one attached hydrogen (secondary N) is 2. The fraction of sp³-hybridized carbons (Fsp3) is 0.269. The highest BCUT2D eigenvalue weighted by atomic mass is 35.5. The third-order valence-corrected chi connectivity index (χ3v) is 6.60. The topological polar surface area (TPSA) is 84.2 Å². The van der Waals surface area contributed by atoms with Crippen LogP contribution in [0.25, 0.3) is 21.9 Å². The van der Waals surface area contributed by atoms with Gasteiger partial charge in [0, 0.05) is 45.2 Å². The lowest BCUT2D eigenvalue weighted by Crippen LogP contribution is -2.40. The Hall–Kier alpha value is -3.59. The standard InChI is InChI=1S/C26H21ClF3N3O3/c27-16-3-8-20-19(12-16)21(13-23(33-20)26(28,29)30)31-17-4-6-18(7-5-17)32-25(35)15-1-9-22-14(11-15)2-10-24(34)36-22/h1-3,8-13,17-18H,4-7H2,(H,31,33)(H,32,35)/t17-,18+. The number of anilines is 1. The number of halogens is 4. The highest BCUT2D eigenvalue weighted by Crippen LogP contribution is 2.35. The molecule has 4 aromatic rings. The van der Waals surface area contributed by atoms with Gasteiger partial charge < -0.3 is 15.1 Å². The first-order valence-corrected chi connectivity index (χ1v) is 11.8. The van der Waals surface area contributed by atoms with E-state index in [2.05, 4.69) is 15.6 Å². The Morgan fingerprint density at radius 1 is 0.972 bits per heavy atom. The van der Waals surface area contributed by atoms with Crippen LogP contribution in [0.1, 0.15) is 41.7 Å². The molecule has 2 aromatic heterocycles. The molecule has 1 aliphatic carbocycles. The van der Waals surface area contributed by atoms with Gasteiger partial charge in [-0.2, -0.15) is 13.2 Å². The van der Waals surface area contributed by atoms with Crippen LogP contribution >= 0.6 is 11.6 Å². The van der Waals surface area contributed by atoms with Gasteiger partial charge in [0.2, 0.25) is 0 Å². The first kappa shape index (κ1) is 24.1. The molecule has 1 amide bonds. The van der Waals surface area contributed by atoms with Crippen molar-refractivity contribution in [3.05, 3.63) is 81.3 Å². The van der Waals surface area contributed by atoms with E-state index < -0.39 is 17.5 Å². The summed E-state index contributed by atoms with van der Waals surface area (Å²) in [7, 11) is 0. The summed E-state index contributed by atoms with van der Waals surface area (Å²) >= 11 is 6.08. The third kappa shape index (κ3) is 5.16. The molecule has 6 nitrogen and oxygen atoms in total. The molecule has 2 aromatic carbocycles. The molecular formula is C26H21ClF3N3O3. The SMILES string of the molecule is O=C(N[C@H]1CC[C@@H](Nc2cc(C(F)(F)F)nc3ccc(Cl)cc23)CC1)c1ccc2oc(=O)ccc2c1. The number of nitrogens with zero attached hydrogens (tertiary/aromatic N) is 1. The molecule has 0 atom stereocenters. The number of hydrogen-bond acceptors (Lipinski definition) is 5. The minimum atomic E-state index is -4.57. The van der Waals surface area contributed by atoms with Crippen molar-refractivity contribution in [3.8, 4) is 0 Å². The summed E-state index contributed by atoms with van der Waals surface area (Å²) in [4.78, 5) is 27.8. The maximum absolute atomic E-state index is 13.4. The van der Waals surface area contributed by atoms with E-state index in [0.717, 1.165) is 6.07 Å². The van der Waals surface area contributed by atoms with Crippen LogP contribution in [0.4, 0.5) is 18.9 Å². The number of pyridine rings is 1. The van der Waals surface area contributed by atoms with Crippen LogP contribution < -0.4 is 16.3 Å². The number of hydrogen-bond donors (Lipinski definition) is 2. The van der Waals surface area contributed by atoms with E-state index in [4.69, 9.17) is 16.0 Å². The predicted molar refractivity (Wildman–Crippen MR) is 131 cm³/mol. The second kappa shape index (κ2) is 9.46. The van der Waals surface area contributed by atoms with Gasteiger partial charge in [0.25, 0.3) is 5.91 Å². The van der Waals surface area contributed by atoms with Crippen LogP contribution in [0.5, 0.6) is 0 Å². The second-order valence-electron chi connectivity index (χ2n) is 8.89. The van der Waals surface area contributed by atoms with Gasteiger partial charge in [-0.15, -0.1) is 0 Å². The van der Waals surface area contributed by atoms with Gasteiger partial charge in [-0.3, -0.25) is 4.79 Å². The lowest BCUT2D eigenvalue weighted by molar-refractivity contribution is -0.140. The van der Waals surface area contributed by atoms with E-state index >= 15 is 0 Å². The van der Waals surface area contributed by atoms with Gasteiger partial charge in [-0.1, -0.05) is 11.6 Å². The molecule has 5 rings (SSSR count). The van der Waals surface area contributed by atoms with Gasteiger partial charge in [0.05, 0.1) is 5.52 Å². The molecule has 1 saturated carbocycles. The number of carbonyl (C=O) groups is 1. The molecule has 2 heterocycles. The van der Waals surface area contributed by atoms with Crippen molar-refractivity contribution in [2.45, 2.75) is 43.9 Å². The van der Waals surface area contributed by atoms with Crippen molar-refractivity contribution >= 4 is 45.1 Å². The van der Waals surface area contributed by atoms with Crippen molar-refractivity contribution in [1.82, 2.24) is 10.3 Å². The second-order valence-corrected chi connectivity index (χ2v) is 9.32. The molecule has 0 bridgehead atoms. The summed E-state index contributed by atoms with van der Waals surface area (Å²) in [5.74, 6) is -0.232. The molecule has 0 saturated heterocycles. The van der Waals surface area contributed by atoms with E-state index in [1.165, 1.54) is 18.2 Å². The minimum absolute atomic E-state index is 0.0608. The van der Waals surface area contributed by atoms with Crippen LogP contribution in [0.15, 0.2) is 63.8 Å². The first-order valence-electron chi connectivity index (χ1n) is 11.4. The molecule has 1 fully saturated rings. The minimum Gasteiger partial charge on any atom is -0.423 e. The Morgan fingerprint density at radius 3 is 2.47 bits per heavy atom. The van der Waals surface area contributed by atoms with Crippen molar-refractivity contribution in [1.29, 1.82) is 0 Å². The summed E-state index contributed by atoms with van der Waals surface area (Å²) in [6.45, 7) is 0. The fourth-order valence-electron chi connectivity index (χ4n) is 4.55. The zero-order valence-corrected chi connectivity index (χ0v) is 19.6. The monoisotopic (exact) mass is 515 g/mol. The molecular weight excluding hydrogens is 495 g/mol. The highest BCUT2D eigenvalue weighted by molar-refractivity contribution is 6.31. The zero-order valence-electron chi connectivity index (χ0n) is 18.9. The van der Waals surface area contributed by atoms with Crippen LogP contribution in [0.3, 0.4) is 0 Å². The molecule has 10 heteroatoms. The van der Waals surface area contributed by atoms with Gasteiger partial charge in [-0.05, 0) is 74.2 Å². The van der Waals surface area contributed by atoms with Gasteiger partial charge >= 0.3 is 11.8 Å². The van der Waals surface area contributed by atoms with Crippen molar-refractivity contribution < 1.29 is 22.4 Å². The molecule has 1 aliphatic rings. The van der Waals surface area contributed by atoms with Crippen LogP contribution in [0.2, 0.25) is 5.02 Å². The molecule has 0 unspecified atom stereocenters. The summed E-state index contributed by atoms with van der Waals surface area (Å²) in [6, 6.07) is 13.3. The Morgan fingerprint density at radius 2 is 1.72 bits per heavy atom. The first-order chi connectivity index (χ1) is 17.2. The fourth-order valence-corrected chi connectivity index (χ4v) is 4.72. The van der Waals surface area contributed by atoms with E-state index in [-0.39, 0.29) is 23.5 Å². The van der Waals surface area contributed by atoms with E-state index in [1.807, 2.05) is 0 Å². The Labute approximate surface area is 208 Å². The average Bonchev–Trinajstić information content (AvgIpc) is 2.84. The highest BCUT2D eigenvalue weighted by Gasteiger charge is 2.34. The van der Waals surface area contributed by atoms with E-state index in [1.54, 1.807) is 30.3 Å². The summed E-state index contributed by atoms with van der Waals surface area (Å²) in [6.07, 6.45) is -1.90. The summed E-state index contributed by atoms with van der Waals surface area (Å²) in [5, 5.41) is 7.86. The smallest absolute Gasteiger partial charge is 0.423 e. The average molecular weight is 516 g/mol. The number of alkyl halides is 3. The maximum atomic E-state index is 13.4. The van der Waals surface area contributed by atoms with E-state index in [9.17, 15) is 22.8 Å². The summed E-state index contributed by atoms with van der Waals surface area (Å²) in [5.41, 5.74) is -0.00361. The quantitative estimate of drug-likeness (QED) is 0.318. The third-order valence-electron chi connectivity index (χ3n) is 6.36. The number of amides is 1. The zero-order chi connectivity index (χ0) is 25.4. The number of rotatable bonds is 4. The number of benzene rings is 2. The molecule has 0 spiro atoms. The number of aromatic nitrogens is 1. The molecule has 186 valence electrons. The largest absolute Gasteiger partial charge is 0.433 e. The number of carbonyl (C=O) groups excluding carboxylic acids is 1. The predicted octanol–water partition coefficient (Wildman–Crippen LogP) is 6.17. The van der Waals surface area contributed by atoms with Crippen molar-refractivity contribution in [2.75, 3.05) is 5.32 Å². The summed E-state index contributed by atoms with van der Waals surface area (Å²) < 4.78 is 45.3. The molecule has 0 aliphatic heterocycles. The van der Waals surface area contributed by atoms with Crippen molar-refractivity contribution in [3.63, 3.8) is 0 Å². The Bertz CT molecular complexity index is 1510. The molecule has 2 N–H and O–H groups in total. The number of fused-ring (bicyclic) bond motifs is 2. The lowest BCUT2D eigenvalue weighted by atomic mass is 9.90. The van der Waals surface area contributed by atoms with Crippen LogP contribution in [-0.4, -0.2) is 23.0 Å².